The molecule has 1 aromatic carbocycles. The van der Waals surface area contributed by atoms with E-state index in [9.17, 15) is 12.8 Å². The summed E-state index contributed by atoms with van der Waals surface area (Å²) >= 11 is 0. The summed E-state index contributed by atoms with van der Waals surface area (Å²) < 4.78 is 33.7. The average molecular weight is 176 g/mol. The van der Waals surface area contributed by atoms with E-state index in [4.69, 9.17) is 0 Å². The van der Waals surface area contributed by atoms with Gasteiger partial charge in [-0.15, -0.1) is 0 Å². The lowest BCUT2D eigenvalue weighted by Crippen LogP contribution is -2.56. The Balaban J connectivity index is 3.20. The van der Waals surface area contributed by atoms with Crippen LogP contribution in [0.5, 0.6) is 0 Å². The molecule has 0 unspecified atom stereocenters. The first-order chi connectivity index (χ1) is 5.00. The van der Waals surface area contributed by atoms with Crippen molar-refractivity contribution >= 4 is 10.0 Å². The molecule has 0 atom stereocenters. The fraction of sp³-hybridized carbons (Fsp3) is 0. The van der Waals surface area contributed by atoms with E-state index >= 15 is 0 Å². The van der Waals surface area contributed by atoms with Crippen LogP contribution in [0.3, 0.4) is 0 Å². The molecule has 0 saturated heterocycles. The van der Waals surface area contributed by atoms with Crippen molar-refractivity contribution < 1.29 is 17.9 Å². The summed E-state index contributed by atoms with van der Waals surface area (Å²) in [5.41, 5.74) is 0. The lowest BCUT2D eigenvalue weighted by molar-refractivity contribution is -0.164. The number of benzene rings is 1. The second kappa shape index (κ2) is 2.60. The molecule has 60 valence electrons. The van der Waals surface area contributed by atoms with E-state index in [0.29, 0.717) is 0 Å². The van der Waals surface area contributed by atoms with Crippen molar-refractivity contribution in [3.05, 3.63) is 30.1 Å². The van der Waals surface area contributed by atoms with E-state index in [1.54, 1.807) is 0 Å². The molecular formula is C6H7FNO2S+. The van der Waals surface area contributed by atoms with Crippen LogP contribution in [0.4, 0.5) is 4.39 Å². The molecule has 1 aromatic rings. The first kappa shape index (κ1) is 8.16. The molecule has 0 spiro atoms. The lowest BCUT2D eigenvalue weighted by atomic mass is 10.4. The molecule has 0 heterocycles. The van der Waals surface area contributed by atoms with Crippen LogP contribution in [-0.4, -0.2) is 8.42 Å². The van der Waals surface area contributed by atoms with Gasteiger partial charge in [0.2, 0.25) is 0 Å². The molecule has 0 amide bonds. The monoisotopic (exact) mass is 176 g/mol. The second-order valence-corrected chi connectivity index (χ2v) is 3.77. The van der Waals surface area contributed by atoms with Gasteiger partial charge in [-0.2, -0.15) is 8.42 Å². The molecule has 0 saturated carbocycles. The number of rotatable bonds is 1. The Bertz CT molecular complexity index is 343. The maximum atomic E-state index is 12.3. The Hall–Kier alpha value is -0.940. The van der Waals surface area contributed by atoms with Crippen molar-refractivity contribution in [3.63, 3.8) is 0 Å². The van der Waals surface area contributed by atoms with Crippen LogP contribution in [0.25, 0.3) is 0 Å². The number of hydrogen-bond donors (Lipinski definition) is 1. The zero-order valence-electron chi connectivity index (χ0n) is 5.62. The van der Waals surface area contributed by atoms with Crippen LogP contribution >= 0.6 is 0 Å². The van der Waals surface area contributed by atoms with E-state index in [1.807, 2.05) is 0 Å². The number of halogens is 1. The highest BCUT2D eigenvalue weighted by Gasteiger charge is 2.09. The van der Waals surface area contributed by atoms with Crippen LogP contribution < -0.4 is 5.14 Å². The molecule has 1 rings (SSSR count). The van der Waals surface area contributed by atoms with Gasteiger partial charge in [-0.3, -0.25) is 0 Å². The van der Waals surface area contributed by atoms with Gasteiger partial charge in [0.1, 0.15) is 10.7 Å². The van der Waals surface area contributed by atoms with Gasteiger partial charge >= 0.3 is 10.0 Å². The molecule has 5 heteroatoms. The van der Waals surface area contributed by atoms with Crippen molar-refractivity contribution in [2.24, 2.45) is 0 Å². The highest BCUT2D eigenvalue weighted by molar-refractivity contribution is 7.84. The fourth-order valence-electron chi connectivity index (χ4n) is 0.642. The standard InChI is InChI=1S/C6H6FNO2S/c7-5-1-3-6(4-2-5)11(8,9)10/h1-4H,(H2,8,9,10)/p+1. The van der Waals surface area contributed by atoms with Crippen LogP contribution in [0, 0.1) is 5.82 Å². The largest absolute Gasteiger partial charge is 0.322 e. The molecule has 0 aliphatic carbocycles. The SMILES string of the molecule is [NH3+]S(=O)(=O)c1ccc(F)cc1. The van der Waals surface area contributed by atoms with Gasteiger partial charge in [-0.05, 0) is 24.3 Å². The first-order valence-corrected chi connectivity index (χ1v) is 4.49. The quantitative estimate of drug-likeness (QED) is 0.641. The molecule has 0 aliphatic heterocycles. The minimum absolute atomic E-state index is 0.0268. The minimum Gasteiger partial charge on any atom is -0.248 e. The predicted molar refractivity (Wildman–Crippen MR) is 36.5 cm³/mol. The lowest BCUT2D eigenvalue weighted by Gasteiger charge is -1.92. The normalized spacial score (nSPS) is 11.5. The van der Waals surface area contributed by atoms with Gasteiger partial charge < -0.3 is 0 Å². The van der Waals surface area contributed by atoms with Crippen LogP contribution in [0.2, 0.25) is 0 Å². The molecule has 0 fully saturated rings. The Morgan fingerprint density at radius 1 is 1.18 bits per heavy atom. The first-order valence-electron chi connectivity index (χ1n) is 2.84. The zero-order chi connectivity index (χ0) is 8.48. The predicted octanol–water partition coefficient (Wildman–Crippen LogP) is -0.244. The van der Waals surface area contributed by atoms with Gasteiger partial charge in [0, 0.05) is 0 Å². The molecule has 0 aliphatic rings. The van der Waals surface area contributed by atoms with Crippen LogP contribution in [0.15, 0.2) is 29.2 Å². The van der Waals surface area contributed by atoms with Gasteiger partial charge in [-0.25, -0.2) is 9.53 Å². The van der Waals surface area contributed by atoms with Crippen molar-refractivity contribution in [2.45, 2.75) is 4.90 Å². The fourth-order valence-corrected chi connectivity index (χ4v) is 1.19. The van der Waals surface area contributed by atoms with Crippen molar-refractivity contribution in [1.82, 2.24) is 0 Å². The number of hydrogen-bond acceptors (Lipinski definition) is 2. The third-order valence-corrected chi connectivity index (χ3v) is 2.16. The summed E-state index contributed by atoms with van der Waals surface area (Å²) in [6, 6.07) is 4.52. The summed E-state index contributed by atoms with van der Waals surface area (Å²) in [5, 5.41) is 2.92. The smallest absolute Gasteiger partial charge is 0.248 e. The Kier molecular flexibility index (Phi) is 1.92. The van der Waals surface area contributed by atoms with Crippen LogP contribution in [0.1, 0.15) is 0 Å². The molecule has 0 radical (unpaired) electrons. The molecule has 3 N–H and O–H groups in total. The second-order valence-electron chi connectivity index (χ2n) is 2.07. The van der Waals surface area contributed by atoms with E-state index < -0.39 is 15.8 Å². The summed E-state index contributed by atoms with van der Waals surface area (Å²) in [7, 11) is -3.44. The van der Waals surface area contributed by atoms with E-state index in [0.717, 1.165) is 12.1 Å². The van der Waals surface area contributed by atoms with Gasteiger partial charge in [-0.1, -0.05) is 0 Å². The Labute approximate surface area is 63.7 Å². The Morgan fingerprint density at radius 3 is 2.00 bits per heavy atom. The molecule has 0 aromatic heterocycles. The number of sulfonamides is 1. The van der Waals surface area contributed by atoms with Gasteiger partial charge in [0.05, 0.1) is 0 Å². The number of quaternary nitrogens is 1. The molecule has 3 nitrogen and oxygen atoms in total. The maximum Gasteiger partial charge on any atom is 0.322 e. The zero-order valence-corrected chi connectivity index (χ0v) is 6.44. The van der Waals surface area contributed by atoms with Gasteiger partial charge in [0.15, 0.2) is 0 Å². The topological polar surface area (TPSA) is 61.8 Å². The Morgan fingerprint density at radius 2 is 1.64 bits per heavy atom. The van der Waals surface area contributed by atoms with Crippen molar-refractivity contribution in [1.29, 1.82) is 0 Å². The minimum atomic E-state index is -3.44. The summed E-state index contributed by atoms with van der Waals surface area (Å²) in [6.45, 7) is 0. The van der Waals surface area contributed by atoms with Gasteiger partial charge in [0.25, 0.3) is 0 Å². The highest BCUT2D eigenvalue weighted by Crippen LogP contribution is 2.05. The van der Waals surface area contributed by atoms with Crippen molar-refractivity contribution in [3.8, 4) is 0 Å². The van der Waals surface area contributed by atoms with E-state index in [-0.39, 0.29) is 4.90 Å². The molecule has 0 bridgehead atoms. The summed E-state index contributed by atoms with van der Waals surface area (Å²) in [6.07, 6.45) is 0. The third-order valence-electron chi connectivity index (χ3n) is 1.17. The highest BCUT2D eigenvalue weighted by atomic mass is 32.2. The van der Waals surface area contributed by atoms with E-state index in [2.05, 4.69) is 5.14 Å². The maximum absolute atomic E-state index is 12.3. The van der Waals surface area contributed by atoms with E-state index in [1.165, 1.54) is 12.1 Å². The van der Waals surface area contributed by atoms with Crippen LogP contribution in [-0.2, 0) is 10.0 Å². The summed E-state index contributed by atoms with van der Waals surface area (Å²) in [5.74, 6) is -0.461. The molecular weight excluding hydrogens is 169 g/mol. The summed E-state index contributed by atoms with van der Waals surface area (Å²) in [4.78, 5) is 0.0268. The van der Waals surface area contributed by atoms with Crippen molar-refractivity contribution in [2.75, 3.05) is 0 Å². The third kappa shape index (κ3) is 1.99. The molecule has 11 heavy (non-hydrogen) atoms. The average Bonchev–Trinajstić information content (AvgIpc) is 1.86.